The van der Waals surface area contributed by atoms with Crippen molar-refractivity contribution in [1.29, 1.82) is 0 Å². The molecule has 0 aliphatic rings. The summed E-state index contributed by atoms with van der Waals surface area (Å²) in [7, 11) is 1.54. The standard InChI is InChI=1S/C16H13ClO4/c1-20-14-8-4-12(5-9-14)16(19)21-10-15(18)11-2-6-13(17)7-3-11/h2-9H,10H2,1H3. The number of benzene rings is 2. The number of halogens is 1. The van der Waals surface area contributed by atoms with Crippen LogP contribution in [0.15, 0.2) is 48.5 Å². The Bertz CT molecular complexity index is 632. The Morgan fingerprint density at radius 2 is 1.52 bits per heavy atom. The van der Waals surface area contributed by atoms with Crippen molar-refractivity contribution in [3.8, 4) is 5.75 Å². The average Bonchev–Trinajstić information content (AvgIpc) is 2.53. The molecule has 0 aromatic heterocycles. The summed E-state index contributed by atoms with van der Waals surface area (Å²) in [5, 5.41) is 0.543. The molecule has 2 aromatic carbocycles. The van der Waals surface area contributed by atoms with Crippen LogP contribution in [0.2, 0.25) is 5.02 Å². The van der Waals surface area contributed by atoms with Gasteiger partial charge in [0.25, 0.3) is 0 Å². The van der Waals surface area contributed by atoms with Crippen LogP contribution in [0.4, 0.5) is 0 Å². The van der Waals surface area contributed by atoms with Gasteiger partial charge in [-0.05, 0) is 48.5 Å². The third-order valence-corrected chi connectivity index (χ3v) is 3.08. The maximum Gasteiger partial charge on any atom is 0.338 e. The molecule has 5 heteroatoms. The highest BCUT2D eigenvalue weighted by atomic mass is 35.5. The highest BCUT2D eigenvalue weighted by Gasteiger charge is 2.11. The highest BCUT2D eigenvalue weighted by molar-refractivity contribution is 6.30. The normalized spacial score (nSPS) is 10.0. The van der Waals surface area contributed by atoms with Gasteiger partial charge < -0.3 is 9.47 Å². The first-order chi connectivity index (χ1) is 10.1. The summed E-state index contributed by atoms with van der Waals surface area (Å²) in [4.78, 5) is 23.6. The summed E-state index contributed by atoms with van der Waals surface area (Å²) >= 11 is 5.74. The van der Waals surface area contributed by atoms with E-state index >= 15 is 0 Å². The van der Waals surface area contributed by atoms with Crippen molar-refractivity contribution in [3.63, 3.8) is 0 Å². The Morgan fingerprint density at radius 3 is 2.10 bits per heavy atom. The monoisotopic (exact) mass is 304 g/mol. The van der Waals surface area contributed by atoms with Crippen LogP contribution in [-0.4, -0.2) is 25.5 Å². The average molecular weight is 305 g/mol. The fourth-order valence-corrected chi connectivity index (χ4v) is 1.79. The van der Waals surface area contributed by atoms with Crippen LogP contribution < -0.4 is 4.74 Å². The molecule has 0 aliphatic carbocycles. The minimum absolute atomic E-state index is 0.284. The first-order valence-corrected chi connectivity index (χ1v) is 6.58. The van der Waals surface area contributed by atoms with Crippen molar-refractivity contribution in [2.75, 3.05) is 13.7 Å². The molecule has 0 unspecified atom stereocenters. The van der Waals surface area contributed by atoms with Crippen LogP contribution in [0.1, 0.15) is 20.7 Å². The smallest absolute Gasteiger partial charge is 0.338 e. The first kappa shape index (κ1) is 15.1. The van der Waals surface area contributed by atoms with Gasteiger partial charge in [0, 0.05) is 10.6 Å². The van der Waals surface area contributed by atoms with Gasteiger partial charge in [-0.3, -0.25) is 4.79 Å². The van der Waals surface area contributed by atoms with Crippen LogP contribution in [-0.2, 0) is 4.74 Å². The number of carbonyl (C=O) groups is 2. The summed E-state index contributed by atoms with van der Waals surface area (Å²) in [5.41, 5.74) is 0.807. The van der Waals surface area contributed by atoms with Gasteiger partial charge in [0.1, 0.15) is 5.75 Å². The van der Waals surface area contributed by atoms with Crippen LogP contribution in [0, 0.1) is 0 Å². The Kier molecular flexibility index (Phi) is 4.95. The third kappa shape index (κ3) is 4.07. The van der Waals surface area contributed by atoms with Crippen LogP contribution in [0.3, 0.4) is 0 Å². The molecule has 2 rings (SSSR count). The van der Waals surface area contributed by atoms with E-state index in [-0.39, 0.29) is 12.4 Å². The molecule has 2 aromatic rings. The van der Waals surface area contributed by atoms with E-state index in [0.717, 1.165) is 0 Å². The predicted octanol–water partition coefficient (Wildman–Crippen LogP) is 3.39. The van der Waals surface area contributed by atoms with E-state index in [2.05, 4.69) is 0 Å². The number of rotatable bonds is 5. The quantitative estimate of drug-likeness (QED) is 0.627. The molecule has 0 aliphatic heterocycles. The van der Waals surface area contributed by atoms with Gasteiger partial charge >= 0.3 is 5.97 Å². The minimum atomic E-state index is -0.556. The molecule has 0 fully saturated rings. The number of methoxy groups -OCH3 is 1. The van der Waals surface area contributed by atoms with E-state index < -0.39 is 5.97 Å². The summed E-state index contributed by atoms with van der Waals surface area (Å²) in [6, 6.07) is 12.9. The predicted molar refractivity (Wildman–Crippen MR) is 79.1 cm³/mol. The van der Waals surface area contributed by atoms with Crippen molar-refractivity contribution in [2.24, 2.45) is 0 Å². The van der Waals surface area contributed by atoms with E-state index in [9.17, 15) is 9.59 Å². The second kappa shape index (κ2) is 6.90. The number of hydrogen-bond donors (Lipinski definition) is 0. The van der Waals surface area contributed by atoms with Gasteiger partial charge in [0.2, 0.25) is 0 Å². The second-order valence-electron chi connectivity index (χ2n) is 4.23. The maximum atomic E-state index is 11.9. The van der Waals surface area contributed by atoms with Crippen molar-refractivity contribution in [3.05, 3.63) is 64.7 Å². The van der Waals surface area contributed by atoms with E-state index in [4.69, 9.17) is 21.1 Å². The van der Waals surface area contributed by atoms with Crippen molar-refractivity contribution < 1.29 is 19.1 Å². The second-order valence-corrected chi connectivity index (χ2v) is 4.67. The van der Waals surface area contributed by atoms with Crippen LogP contribution >= 0.6 is 11.6 Å². The molecule has 0 saturated heterocycles. The molecule has 0 atom stereocenters. The maximum absolute atomic E-state index is 11.9. The largest absolute Gasteiger partial charge is 0.497 e. The zero-order valence-corrected chi connectivity index (χ0v) is 12.1. The summed E-state index contributed by atoms with van der Waals surface area (Å²) in [6.07, 6.45) is 0. The van der Waals surface area contributed by atoms with Crippen molar-refractivity contribution >= 4 is 23.4 Å². The zero-order valence-electron chi connectivity index (χ0n) is 11.3. The van der Waals surface area contributed by atoms with Gasteiger partial charge in [-0.15, -0.1) is 0 Å². The van der Waals surface area contributed by atoms with E-state index in [1.165, 1.54) is 7.11 Å². The molecule has 0 radical (unpaired) electrons. The number of ketones is 1. The van der Waals surface area contributed by atoms with E-state index in [1.54, 1.807) is 48.5 Å². The Morgan fingerprint density at radius 1 is 0.952 bits per heavy atom. The van der Waals surface area contributed by atoms with E-state index in [1.807, 2.05) is 0 Å². The number of hydrogen-bond acceptors (Lipinski definition) is 4. The van der Waals surface area contributed by atoms with E-state index in [0.29, 0.717) is 21.9 Å². The summed E-state index contributed by atoms with van der Waals surface area (Å²) in [5.74, 6) is -0.197. The molecule has 0 bridgehead atoms. The molecule has 0 amide bonds. The number of Topliss-reactive ketones (excluding diaryl/α,β-unsaturated/α-hetero) is 1. The molecule has 0 N–H and O–H groups in total. The molecule has 0 saturated carbocycles. The molecular formula is C16H13ClO4. The first-order valence-electron chi connectivity index (χ1n) is 6.20. The number of ether oxygens (including phenoxy) is 2. The Hall–Kier alpha value is -2.33. The summed E-state index contributed by atoms with van der Waals surface area (Å²) < 4.78 is 9.98. The number of carbonyl (C=O) groups excluding carboxylic acids is 2. The van der Waals surface area contributed by atoms with Gasteiger partial charge in [-0.2, -0.15) is 0 Å². The number of esters is 1. The molecule has 0 heterocycles. The van der Waals surface area contributed by atoms with Crippen molar-refractivity contribution in [1.82, 2.24) is 0 Å². The Labute approximate surface area is 127 Å². The SMILES string of the molecule is COc1ccc(C(=O)OCC(=O)c2ccc(Cl)cc2)cc1. The van der Waals surface area contributed by atoms with Crippen LogP contribution in [0.25, 0.3) is 0 Å². The lowest BCUT2D eigenvalue weighted by Gasteiger charge is -2.05. The van der Waals surface area contributed by atoms with Crippen LogP contribution in [0.5, 0.6) is 5.75 Å². The van der Waals surface area contributed by atoms with Crippen molar-refractivity contribution in [2.45, 2.75) is 0 Å². The highest BCUT2D eigenvalue weighted by Crippen LogP contribution is 2.13. The third-order valence-electron chi connectivity index (χ3n) is 2.83. The summed E-state index contributed by atoms with van der Waals surface area (Å²) in [6.45, 7) is -0.313. The zero-order chi connectivity index (χ0) is 15.2. The Balaban J connectivity index is 1.93. The topological polar surface area (TPSA) is 52.6 Å². The molecule has 108 valence electrons. The molecular weight excluding hydrogens is 292 g/mol. The van der Waals surface area contributed by atoms with Gasteiger partial charge in [0.15, 0.2) is 12.4 Å². The van der Waals surface area contributed by atoms with Gasteiger partial charge in [-0.1, -0.05) is 11.6 Å². The fraction of sp³-hybridized carbons (Fsp3) is 0.125. The molecule has 4 nitrogen and oxygen atoms in total. The lowest BCUT2D eigenvalue weighted by molar-refractivity contribution is 0.0474. The molecule has 0 spiro atoms. The minimum Gasteiger partial charge on any atom is -0.497 e. The fourth-order valence-electron chi connectivity index (χ4n) is 1.66. The lowest BCUT2D eigenvalue weighted by Crippen LogP contribution is -2.14. The molecule has 21 heavy (non-hydrogen) atoms. The van der Waals surface area contributed by atoms with Gasteiger partial charge in [0.05, 0.1) is 12.7 Å². The lowest BCUT2D eigenvalue weighted by atomic mass is 10.1. The van der Waals surface area contributed by atoms with Gasteiger partial charge in [-0.25, -0.2) is 4.79 Å².